The first-order valence-electron chi connectivity index (χ1n) is 5.32. The molecule has 2 N–H and O–H groups in total. The quantitative estimate of drug-likeness (QED) is 0.774. The molecule has 0 aliphatic rings. The molecule has 1 aromatic rings. The lowest BCUT2D eigenvalue weighted by molar-refractivity contribution is -0.159. The van der Waals surface area contributed by atoms with Gasteiger partial charge >= 0.3 is 5.97 Å². The maximum atomic E-state index is 12.9. The van der Waals surface area contributed by atoms with Crippen LogP contribution in [-0.4, -0.2) is 30.3 Å². The second kappa shape index (κ2) is 5.88. The smallest absolute Gasteiger partial charge is 0.338 e. The van der Waals surface area contributed by atoms with Crippen molar-refractivity contribution in [3.05, 3.63) is 35.4 Å². The van der Waals surface area contributed by atoms with Crippen molar-refractivity contribution in [2.45, 2.75) is 19.1 Å². The van der Waals surface area contributed by atoms with Gasteiger partial charge in [-0.25, -0.2) is 13.6 Å². The molecular formula is C12H15F2NO3. The molecule has 0 amide bonds. The first kappa shape index (κ1) is 14.5. The average molecular weight is 259 g/mol. The van der Waals surface area contributed by atoms with E-state index < -0.39 is 23.2 Å². The van der Waals surface area contributed by atoms with Gasteiger partial charge in [-0.1, -0.05) is 6.07 Å². The van der Waals surface area contributed by atoms with E-state index in [4.69, 9.17) is 0 Å². The number of benzene rings is 1. The van der Waals surface area contributed by atoms with Gasteiger partial charge in [-0.3, -0.25) is 0 Å². The van der Waals surface area contributed by atoms with Crippen LogP contribution in [0.5, 0.6) is 0 Å². The Morgan fingerprint density at radius 3 is 2.67 bits per heavy atom. The van der Waals surface area contributed by atoms with Crippen molar-refractivity contribution in [1.29, 1.82) is 0 Å². The highest BCUT2D eigenvalue weighted by Crippen LogP contribution is 2.09. The second-order valence-corrected chi connectivity index (χ2v) is 4.12. The zero-order valence-electron chi connectivity index (χ0n) is 10.2. The zero-order chi connectivity index (χ0) is 13.8. The molecule has 18 heavy (non-hydrogen) atoms. The molecule has 6 heteroatoms. The highest BCUT2D eigenvalue weighted by molar-refractivity contribution is 5.78. The van der Waals surface area contributed by atoms with Crippen LogP contribution in [0.25, 0.3) is 0 Å². The van der Waals surface area contributed by atoms with Crippen LogP contribution in [0.3, 0.4) is 0 Å². The standard InChI is InChI=1S/C12H15F2NO3/c1-12(17,11(16)18-2)7-15-6-8-3-4-9(13)10(14)5-8/h3-5,15,17H,6-7H2,1-2H3. The maximum Gasteiger partial charge on any atom is 0.338 e. The fraction of sp³-hybridized carbons (Fsp3) is 0.417. The number of halogens is 2. The third-order valence-corrected chi connectivity index (χ3v) is 2.41. The molecule has 4 nitrogen and oxygen atoms in total. The highest BCUT2D eigenvalue weighted by Gasteiger charge is 2.30. The molecule has 100 valence electrons. The van der Waals surface area contributed by atoms with Gasteiger partial charge in [-0.2, -0.15) is 0 Å². The Kier molecular flexibility index (Phi) is 4.75. The summed E-state index contributed by atoms with van der Waals surface area (Å²) >= 11 is 0. The monoisotopic (exact) mass is 259 g/mol. The van der Waals surface area contributed by atoms with E-state index in [2.05, 4.69) is 10.1 Å². The van der Waals surface area contributed by atoms with E-state index in [0.717, 1.165) is 12.1 Å². The van der Waals surface area contributed by atoms with Gasteiger partial charge in [0.1, 0.15) is 0 Å². The van der Waals surface area contributed by atoms with Crippen LogP contribution in [0.15, 0.2) is 18.2 Å². The van der Waals surface area contributed by atoms with E-state index >= 15 is 0 Å². The summed E-state index contributed by atoms with van der Waals surface area (Å²) in [5.41, 5.74) is -1.15. The van der Waals surface area contributed by atoms with Crippen LogP contribution < -0.4 is 5.32 Å². The summed E-state index contributed by atoms with van der Waals surface area (Å²) in [6.45, 7) is 1.44. The van der Waals surface area contributed by atoms with Gasteiger partial charge in [-0.15, -0.1) is 0 Å². The molecule has 0 aliphatic carbocycles. The van der Waals surface area contributed by atoms with Crippen molar-refractivity contribution in [2.75, 3.05) is 13.7 Å². The molecule has 0 spiro atoms. The van der Waals surface area contributed by atoms with E-state index in [-0.39, 0.29) is 13.1 Å². The van der Waals surface area contributed by atoms with E-state index in [1.807, 2.05) is 0 Å². The Morgan fingerprint density at radius 2 is 2.11 bits per heavy atom. The summed E-state index contributed by atoms with van der Waals surface area (Å²) in [6.07, 6.45) is 0. The molecule has 1 atom stereocenters. The number of carbonyl (C=O) groups excluding carboxylic acids is 1. The summed E-state index contributed by atoms with van der Waals surface area (Å²) in [6, 6.07) is 3.48. The largest absolute Gasteiger partial charge is 0.467 e. The molecule has 0 aliphatic heterocycles. The molecule has 0 aromatic heterocycles. The van der Waals surface area contributed by atoms with Crippen LogP contribution in [-0.2, 0) is 16.1 Å². The van der Waals surface area contributed by atoms with Crippen LogP contribution >= 0.6 is 0 Å². The van der Waals surface area contributed by atoms with Crippen LogP contribution in [0.1, 0.15) is 12.5 Å². The SMILES string of the molecule is COC(=O)C(C)(O)CNCc1ccc(F)c(F)c1. The molecule has 1 rings (SSSR count). The van der Waals surface area contributed by atoms with Gasteiger partial charge in [0.15, 0.2) is 17.2 Å². The molecule has 0 bridgehead atoms. The van der Waals surface area contributed by atoms with Crippen molar-refractivity contribution in [2.24, 2.45) is 0 Å². The number of nitrogens with one attached hydrogen (secondary N) is 1. The molecule has 0 saturated carbocycles. The van der Waals surface area contributed by atoms with Crippen molar-refractivity contribution in [3.8, 4) is 0 Å². The van der Waals surface area contributed by atoms with Gasteiger partial charge in [-0.05, 0) is 24.6 Å². The van der Waals surface area contributed by atoms with Gasteiger partial charge in [0.05, 0.1) is 7.11 Å². The number of aliphatic hydroxyl groups is 1. The van der Waals surface area contributed by atoms with Crippen molar-refractivity contribution < 1.29 is 23.4 Å². The Morgan fingerprint density at radius 1 is 1.44 bits per heavy atom. The number of hydrogen-bond donors (Lipinski definition) is 2. The summed E-state index contributed by atoms with van der Waals surface area (Å²) in [4.78, 5) is 11.2. The molecular weight excluding hydrogens is 244 g/mol. The van der Waals surface area contributed by atoms with Crippen LogP contribution in [0.4, 0.5) is 8.78 Å². The van der Waals surface area contributed by atoms with Gasteiger partial charge in [0.25, 0.3) is 0 Å². The summed E-state index contributed by atoms with van der Waals surface area (Å²) in [7, 11) is 1.17. The van der Waals surface area contributed by atoms with Gasteiger partial charge in [0, 0.05) is 13.1 Å². The summed E-state index contributed by atoms with van der Waals surface area (Å²) < 4.78 is 30.0. The van der Waals surface area contributed by atoms with Crippen molar-refractivity contribution in [3.63, 3.8) is 0 Å². The minimum Gasteiger partial charge on any atom is -0.467 e. The number of rotatable bonds is 5. The fourth-order valence-corrected chi connectivity index (χ4v) is 1.39. The predicted octanol–water partition coefficient (Wildman–Crippen LogP) is 0.978. The number of ether oxygens (including phenoxy) is 1. The molecule has 1 unspecified atom stereocenters. The zero-order valence-corrected chi connectivity index (χ0v) is 10.2. The minimum absolute atomic E-state index is 0.0569. The molecule has 1 aromatic carbocycles. The van der Waals surface area contributed by atoms with E-state index in [1.165, 1.54) is 20.1 Å². The minimum atomic E-state index is -1.66. The molecule has 0 heterocycles. The number of methoxy groups -OCH3 is 1. The summed E-state index contributed by atoms with van der Waals surface area (Å²) in [5.74, 6) is -2.62. The third-order valence-electron chi connectivity index (χ3n) is 2.41. The lowest BCUT2D eigenvalue weighted by Crippen LogP contribution is -2.45. The lowest BCUT2D eigenvalue weighted by atomic mass is 10.1. The average Bonchev–Trinajstić information content (AvgIpc) is 2.32. The van der Waals surface area contributed by atoms with Gasteiger partial charge < -0.3 is 15.2 Å². The van der Waals surface area contributed by atoms with Crippen molar-refractivity contribution >= 4 is 5.97 Å². The summed E-state index contributed by atoms with van der Waals surface area (Å²) in [5, 5.41) is 12.5. The molecule has 0 radical (unpaired) electrons. The first-order chi connectivity index (χ1) is 8.36. The Balaban J connectivity index is 2.51. The Hall–Kier alpha value is -1.53. The van der Waals surface area contributed by atoms with Crippen molar-refractivity contribution in [1.82, 2.24) is 5.32 Å². The van der Waals surface area contributed by atoms with E-state index in [9.17, 15) is 18.7 Å². The molecule has 0 fully saturated rings. The predicted molar refractivity (Wildman–Crippen MR) is 60.7 cm³/mol. The molecule has 0 saturated heterocycles. The number of carbonyl (C=O) groups is 1. The van der Waals surface area contributed by atoms with Gasteiger partial charge in [0.2, 0.25) is 0 Å². The lowest BCUT2D eigenvalue weighted by Gasteiger charge is -2.20. The Labute approximate surface area is 104 Å². The third kappa shape index (κ3) is 3.75. The Bertz CT molecular complexity index is 435. The first-order valence-corrected chi connectivity index (χ1v) is 5.32. The van der Waals surface area contributed by atoms with Crippen LogP contribution in [0, 0.1) is 11.6 Å². The van der Waals surface area contributed by atoms with Crippen LogP contribution in [0.2, 0.25) is 0 Å². The highest BCUT2D eigenvalue weighted by atomic mass is 19.2. The topological polar surface area (TPSA) is 58.6 Å². The number of esters is 1. The maximum absolute atomic E-state index is 12.9. The fourth-order valence-electron chi connectivity index (χ4n) is 1.39. The number of hydrogen-bond acceptors (Lipinski definition) is 4. The normalized spacial score (nSPS) is 14.1. The van der Waals surface area contributed by atoms with E-state index in [1.54, 1.807) is 0 Å². The van der Waals surface area contributed by atoms with E-state index in [0.29, 0.717) is 5.56 Å². The second-order valence-electron chi connectivity index (χ2n) is 4.12.